The van der Waals surface area contributed by atoms with Gasteiger partial charge in [0.05, 0.1) is 16.5 Å². The van der Waals surface area contributed by atoms with Crippen molar-refractivity contribution in [2.45, 2.75) is 52.2 Å². The molecule has 0 amide bonds. The van der Waals surface area contributed by atoms with Crippen molar-refractivity contribution in [2.75, 3.05) is 0 Å². The molecule has 2 aromatic heterocycles. The van der Waals surface area contributed by atoms with E-state index in [1.165, 1.54) is 0 Å². The van der Waals surface area contributed by atoms with Crippen molar-refractivity contribution in [2.24, 2.45) is 0 Å². The minimum absolute atomic E-state index is 0.0325. The maximum atomic E-state index is 12.8. The highest BCUT2D eigenvalue weighted by atomic mass is 16.5. The van der Waals surface area contributed by atoms with Gasteiger partial charge in [-0.05, 0) is 38.0 Å². The Kier molecular flexibility index (Phi) is 4.75. The van der Waals surface area contributed by atoms with E-state index < -0.39 is 5.97 Å². The molecule has 140 valence electrons. The van der Waals surface area contributed by atoms with Crippen molar-refractivity contribution in [3.05, 3.63) is 57.5 Å². The van der Waals surface area contributed by atoms with Gasteiger partial charge in [0, 0.05) is 19.0 Å². The molecule has 0 fully saturated rings. The van der Waals surface area contributed by atoms with Gasteiger partial charge in [0.15, 0.2) is 0 Å². The standard InChI is InChI=1S/C20H21N3O4/c1-13-10-15(22-27-13)12-26-20(25)14-7-8-16-17(11-14)21-18-6-4-2-3-5-9-23(18)19(16)24/h7-8,10-11H,2-6,9,12H2,1H3. The Morgan fingerprint density at radius 2 is 2.07 bits per heavy atom. The molecule has 3 heterocycles. The molecule has 0 unspecified atom stereocenters. The fourth-order valence-electron chi connectivity index (χ4n) is 3.43. The van der Waals surface area contributed by atoms with E-state index in [4.69, 9.17) is 9.26 Å². The highest BCUT2D eigenvalue weighted by Gasteiger charge is 2.16. The molecule has 0 N–H and O–H groups in total. The summed E-state index contributed by atoms with van der Waals surface area (Å²) in [5.74, 6) is 0.981. The number of carbonyl (C=O) groups excluding carboxylic acids is 1. The fourth-order valence-corrected chi connectivity index (χ4v) is 3.43. The second kappa shape index (κ2) is 7.34. The molecule has 0 bridgehead atoms. The molecule has 1 aliphatic rings. The van der Waals surface area contributed by atoms with Gasteiger partial charge < -0.3 is 9.26 Å². The van der Waals surface area contributed by atoms with E-state index in [0.717, 1.165) is 37.9 Å². The van der Waals surface area contributed by atoms with E-state index in [2.05, 4.69) is 10.1 Å². The summed E-state index contributed by atoms with van der Waals surface area (Å²) in [6, 6.07) is 6.62. The topological polar surface area (TPSA) is 87.2 Å². The zero-order valence-electron chi connectivity index (χ0n) is 15.2. The van der Waals surface area contributed by atoms with Gasteiger partial charge in [-0.3, -0.25) is 9.36 Å². The molecule has 1 aromatic carbocycles. The minimum atomic E-state index is -0.480. The Morgan fingerprint density at radius 1 is 1.22 bits per heavy atom. The van der Waals surface area contributed by atoms with Crippen LogP contribution in [0.15, 0.2) is 33.6 Å². The number of carbonyl (C=O) groups is 1. The smallest absolute Gasteiger partial charge is 0.338 e. The van der Waals surface area contributed by atoms with Crippen molar-refractivity contribution in [1.29, 1.82) is 0 Å². The van der Waals surface area contributed by atoms with Crippen molar-refractivity contribution < 1.29 is 14.1 Å². The summed E-state index contributed by atoms with van der Waals surface area (Å²) in [6.45, 7) is 2.52. The van der Waals surface area contributed by atoms with E-state index in [9.17, 15) is 9.59 Å². The lowest BCUT2D eigenvalue weighted by atomic mass is 10.1. The zero-order valence-corrected chi connectivity index (χ0v) is 15.2. The van der Waals surface area contributed by atoms with Crippen molar-refractivity contribution >= 4 is 16.9 Å². The molecule has 3 aromatic rings. The summed E-state index contributed by atoms with van der Waals surface area (Å²) in [7, 11) is 0. The predicted octanol–water partition coefficient (Wildman–Crippen LogP) is 3.17. The van der Waals surface area contributed by atoms with Crippen LogP contribution in [0.4, 0.5) is 0 Å². The Hall–Kier alpha value is -2.96. The molecule has 0 saturated heterocycles. The summed E-state index contributed by atoms with van der Waals surface area (Å²) in [5.41, 5.74) is 1.43. The first-order chi connectivity index (χ1) is 13.1. The number of benzene rings is 1. The van der Waals surface area contributed by atoms with Crippen LogP contribution in [-0.4, -0.2) is 20.7 Å². The average molecular weight is 367 g/mol. The second-order valence-electron chi connectivity index (χ2n) is 6.89. The number of hydrogen-bond acceptors (Lipinski definition) is 6. The van der Waals surface area contributed by atoms with Crippen LogP contribution in [0.3, 0.4) is 0 Å². The lowest BCUT2D eigenvalue weighted by Crippen LogP contribution is -2.26. The monoisotopic (exact) mass is 367 g/mol. The van der Waals surface area contributed by atoms with Gasteiger partial charge in [0.25, 0.3) is 5.56 Å². The molecule has 0 saturated carbocycles. The van der Waals surface area contributed by atoms with Gasteiger partial charge in [-0.25, -0.2) is 9.78 Å². The van der Waals surface area contributed by atoms with E-state index in [0.29, 0.717) is 34.5 Å². The largest absolute Gasteiger partial charge is 0.455 e. The van der Waals surface area contributed by atoms with Crippen LogP contribution in [-0.2, 0) is 24.3 Å². The summed E-state index contributed by atoms with van der Waals surface area (Å²) in [4.78, 5) is 29.8. The molecule has 7 heteroatoms. The Bertz CT molecular complexity index is 1050. The molecule has 4 rings (SSSR count). The summed E-state index contributed by atoms with van der Waals surface area (Å²) in [5, 5.41) is 4.33. The second-order valence-corrected chi connectivity index (χ2v) is 6.89. The van der Waals surface area contributed by atoms with Gasteiger partial charge in [-0.1, -0.05) is 18.0 Å². The third-order valence-corrected chi connectivity index (χ3v) is 4.83. The molecular formula is C20H21N3O4. The van der Waals surface area contributed by atoms with Crippen LogP contribution < -0.4 is 5.56 Å². The molecule has 27 heavy (non-hydrogen) atoms. The molecule has 1 aliphatic heterocycles. The number of rotatable bonds is 3. The number of fused-ring (bicyclic) bond motifs is 2. The highest BCUT2D eigenvalue weighted by molar-refractivity contribution is 5.94. The van der Waals surface area contributed by atoms with E-state index in [1.807, 2.05) is 0 Å². The normalized spacial score (nSPS) is 14.4. The Balaban J connectivity index is 1.62. The van der Waals surface area contributed by atoms with Gasteiger partial charge in [-0.2, -0.15) is 0 Å². The average Bonchev–Trinajstić information content (AvgIpc) is 3.06. The number of esters is 1. The van der Waals surface area contributed by atoms with E-state index in [1.54, 1.807) is 35.8 Å². The quantitative estimate of drug-likeness (QED) is 0.661. The van der Waals surface area contributed by atoms with Crippen molar-refractivity contribution in [1.82, 2.24) is 14.7 Å². The van der Waals surface area contributed by atoms with E-state index in [-0.39, 0.29) is 12.2 Å². The van der Waals surface area contributed by atoms with Gasteiger partial charge in [-0.15, -0.1) is 0 Å². The number of aromatic nitrogens is 3. The van der Waals surface area contributed by atoms with Crippen molar-refractivity contribution in [3.63, 3.8) is 0 Å². The lowest BCUT2D eigenvalue weighted by Gasteiger charge is -2.16. The number of nitrogens with zero attached hydrogens (tertiary/aromatic N) is 3. The van der Waals surface area contributed by atoms with Crippen LogP contribution in [0, 0.1) is 6.92 Å². The molecule has 0 spiro atoms. The van der Waals surface area contributed by atoms with Crippen LogP contribution >= 0.6 is 0 Å². The number of ether oxygens (including phenoxy) is 1. The van der Waals surface area contributed by atoms with E-state index >= 15 is 0 Å². The summed E-state index contributed by atoms with van der Waals surface area (Å²) in [6.07, 6.45) is 5.09. The van der Waals surface area contributed by atoms with Crippen LogP contribution in [0.2, 0.25) is 0 Å². The lowest BCUT2D eigenvalue weighted by molar-refractivity contribution is 0.0464. The maximum absolute atomic E-state index is 12.8. The molecule has 0 radical (unpaired) electrons. The summed E-state index contributed by atoms with van der Waals surface area (Å²) >= 11 is 0. The van der Waals surface area contributed by atoms with Gasteiger partial charge in [0.1, 0.15) is 23.9 Å². The van der Waals surface area contributed by atoms with Gasteiger partial charge >= 0.3 is 5.97 Å². The van der Waals surface area contributed by atoms with Gasteiger partial charge in [0.2, 0.25) is 0 Å². The third-order valence-electron chi connectivity index (χ3n) is 4.83. The minimum Gasteiger partial charge on any atom is -0.455 e. The number of hydrogen-bond donors (Lipinski definition) is 0. The maximum Gasteiger partial charge on any atom is 0.338 e. The first-order valence-electron chi connectivity index (χ1n) is 9.24. The molecule has 0 aliphatic carbocycles. The Morgan fingerprint density at radius 3 is 2.89 bits per heavy atom. The fraction of sp³-hybridized carbons (Fsp3) is 0.400. The molecular weight excluding hydrogens is 346 g/mol. The van der Waals surface area contributed by atoms with Crippen LogP contribution in [0.1, 0.15) is 53.3 Å². The Labute approximate surface area is 156 Å². The summed E-state index contributed by atoms with van der Waals surface area (Å²) < 4.78 is 12.0. The highest BCUT2D eigenvalue weighted by Crippen LogP contribution is 2.17. The number of aryl methyl sites for hydroxylation is 2. The van der Waals surface area contributed by atoms with Crippen molar-refractivity contribution in [3.8, 4) is 0 Å². The van der Waals surface area contributed by atoms with Crippen LogP contribution in [0.5, 0.6) is 0 Å². The zero-order chi connectivity index (χ0) is 18.8. The molecule has 0 atom stereocenters. The first kappa shape index (κ1) is 17.5. The SMILES string of the molecule is Cc1cc(COC(=O)c2ccc3c(=O)n4c(nc3c2)CCCCCC4)no1. The van der Waals surface area contributed by atoms with Crippen LogP contribution in [0.25, 0.3) is 10.9 Å². The third kappa shape index (κ3) is 3.63. The predicted molar refractivity (Wildman–Crippen MR) is 98.5 cm³/mol. The molecule has 7 nitrogen and oxygen atoms in total. The first-order valence-corrected chi connectivity index (χ1v) is 9.24.